The molecule has 1 aliphatic rings. The van der Waals surface area contributed by atoms with Gasteiger partial charge >= 0.3 is 10.2 Å². The number of nitrogens with zero attached hydrogens (tertiary/aromatic N) is 2. The van der Waals surface area contributed by atoms with Crippen LogP contribution in [0.1, 0.15) is 24.8 Å². The van der Waals surface area contributed by atoms with Gasteiger partial charge in [-0.2, -0.15) is 12.7 Å². The number of nitrogens with two attached hydrogens (primary N) is 1. The Kier molecular flexibility index (Phi) is 4.46. The summed E-state index contributed by atoms with van der Waals surface area (Å²) in [6.07, 6.45) is 2.85. The minimum Gasteiger partial charge on any atom is -0.409 e. The van der Waals surface area contributed by atoms with Crippen molar-refractivity contribution in [1.82, 2.24) is 4.31 Å². The molecule has 20 heavy (non-hydrogen) atoms. The molecule has 0 bridgehead atoms. The number of hydrogen-bond acceptors (Lipinski definition) is 4. The molecular weight excluding hydrogens is 280 g/mol. The Morgan fingerprint density at radius 3 is 2.35 bits per heavy atom. The Balaban J connectivity index is 2.09. The van der Waals surface area contributed by atoms with Gasteiger partial charge in [-0.05, 0) is 37.1 Å². The molecule has 1 saturated heterocycles. The minimum absolute atomic E-state index is 0.0181. The molecule has 1 aromatic carbocycles. The average Bonchev–Trinajstić information content (AvgIpc) is 2.48. The third kappa shape index (κ3) is 3.40. The number of oxime groups is 1. The zero-order valence-electron chi connectivity index (χ0n) is 11.0. The molecule has 4 N–H and O–H groups in total. The molecule has 110 valence electrons. The second-order valence-electron chi connectivity index (χ2n) is 4.63. The summed E-state index contributed by atoms with van der Waals surface area (Å²) < 4.78 is 28.3. The number of rotatable bonds is 4. The molecular formula is C12H18N4O3S. The van der Waals surface area contributed by atoms with Gasteiger partial charge in [-0.15, -0.1) is 0 Å². The van der Waals surface area contributed by atoms with E-state index in [1.165, 1.54) is 4.31 Å². The lowest BCUT2D eigenvalue weighted by Gasteiger charge is -2.26. The van der Waals surface area contributed by atoms with Gasteiger partial charge < -0.3 is 10.9 Å². The second-order valence-corrected chi connectivity index (χ2v) is 6.30. The van der Waals surface area contributed by atoms with Crippen molar-refractivity contribution in [1.29, 1.82) is 0 Å². The van der Waals surface area contributed by atoms with Crippen LogP contribution in [0.4, 0.5) is 5.69 Å². The predicted molar refractivity (Wildman–Crippen MR) is 76.9 cm³/mol. The first-order chi connectivity index (χ1) is 9.53. The molecule has 2 rings (SSSR count). The molecule has 0 unspecified atom stereocenters. The zero-order valence-corrected chi connectivity index (χ0v) is 11.8. The highest BCUT2D eigenvalue weighted by Crippen LogP contribution is 2.17. The van der Waals surface area contributed by atoms with E-state index < -0.39 is 10.2 Å². The topological polar surface area (TPSA) is 108 Å². The van der Waals surface area contributed by atoms with Crippen LogP contribution in [0.25, 0.3) is 0 Å². The molecule has 0 aromatic heterocycles. The largest absolute Gasteiger partial charge is 0.409 e. The van der Waals surface area contributed by atoms with E-state index in [1.54, 1.807) is 24.3 Å². The van der Waals surface area contributed by atoms with Gasteiger partial charge in [-0.25, -0.2) is 0 Å². The lowest BCUT2D eigenvalue weighted by atomic mass is 10.2. The fourth-order valence-electron chi connectivity index (χ4n) is 2.09. The minimum atomic E-state index is -3.50. The molecule has 0 amide bonds. The van der Waals surface area contributed by atoms with Crippen LogP contribution in [0.15, 0.2) is 29.4 Å². The lowest BCUT2D eigenvalue weighted by Crippen LogP contribution is -2.39. The predicted octanol–water partition coefficient (Wildman–Crippen LogP) is 0.924. The summed E-state index contributed by atoms with van der Waals surface area (Å²) >= 11 is 0. The SMILES string of the molecule is N/C(=N/O)c1ccc(NS(=O)(=O)N2CCCCC2)cc1. The summed E-state index contributed by atoms with van der Waals surface area (Å²) in [5.74, 6) is -0.0181. The number of piperidine rings is 1. The van der Waals surface area contributed by atoms with Crippen LogP contribution in [0.2, 0.25) is 0 Å². The van der Waals surface area contributed by atoms with Crippen molar-refractivity contribution in [2.75, 3.05) is 17.8 Å². The van der Waals surface area contributed by atoms with E-state index in [-0.39, 0.29) is 5.84 Å². The van der Waals surface area contributed by atoms with Gasteiger partial charge in [0.15, 0.2) is 5.84 Å². The van der Waals surface area contributed by atoms with Gasteiger partial charge in [-0.1, -0.05) is 11.6 Å². The molecule has 1 heterocycles. The van der Waals surface area contributed by atoms with Gasteiger partial charge in [0.25, 0.3) is 0 Å². The van der Waals surface area contributed by atoms with Crippen molar-refractivity contribution in [2.45, 2.75) is 19.3 Å². The van der Waals surface area contributed by atoms with Crippen LogP contribution < -0.4 is 10.5 Å². The first-order valence-electron chi connectivity index (χ1n) is 6.39. The number of amidine groups is 1. The summed E-state index contributed by atoms with van der Waals surface area (Å²) in [4.78, 5) is 0. The van der Waals surface area contributed by atoms with Crippen molar-refractivity contribution >= 4 is 21.7 Å². The van der Waals surface area contributed by atoms with Gasteiger partial charge in [0.2, 0.25) is 0 Å². The van der Waals surface area contributed by atoms with Crippen molar-refractivity contribution in [3.05, 3.63) is 29.8 Å². The monoisotopic (exact) mass is 298 g/mol. The molecule has 7 nitrogen and oxygen atoms in total. The maximum Gasteiger partial charge on any atom is 0.301 e. The molecule has 0 radical (unpaired) electrons. The summed E-state index contributed by atoms with van der Waals surface area (Å²) in [5.41, 5.74) is 6.41. The zero-order chi connectivity index (χ0) is 14.6. The molecule has 0 aliphatic carbocycles. The second kappa shape index (κ2) is 6.10. The third-order valence-electron chi connectivity index (χ3n) is 3.19. The summed E-state index contributed by atoms with van der Waals surface area (Å²) in [5, 5.41) is 11.4. The van der Waals surface area contributed by atoms with Crippen LogP contribution in [0, 0.1) is 0 Å². The highest BCUT2D eigenvalue weighted by atomic mass is 32.2. The molecule has 0 atom stereocenters. The normalized spacial score (nSPS) is 17.9. The van der Waals surface area contributed by atoms with Crippen LogP contribution in [-0.4, -0.2) is 36.9 Å². The first kappa shape index (κ1) is 14.6. The quantitative estimate of drug-likeness (QED) is 0.332. The Labute approximate surface area is 118 Å². The van der Waals surface area contributed by atoms with Crippen molar-refractivity contribution in [3.8, 4) is 0 Å². The Bertz CT molecular complexity index is 577. The smallest absolute Gasteiger partial charge is 0.301 e. The van der Waals surface area contributed by atoms with E-state index >= 15 is 0 Å². The average molecular weight is 298 g/mol. The fourth-order valence-corrected chi connectivity index (χ4v) is 3.39. The van der Waals surface area contributed by atoms with E-state index in [0.717, 1.165) is 19.3 Å². The van der Waals surface area contributed by atoms with Gasteiger partial charge in [0.1, 0.15) is 0 Å². The number of benzene rings is 1. The Morgan fingerprint density at radius 2 is 1.80 bits per heavy atom. The highest BCUT2D eigenvalue weighted by molar-refractivity contribution is 7.90. The number of nitrogens with one attached hydrogen (secondary N) is 1. The van der Waals surface area contributed by atoms with Crippen LogP contribution in [0.3, 0.4) is 0 Å². The first-order valence-corrected chi connectivity index (χ1v) is 7.83. The molecule has 8 heteroatoms. The van der Waals surface area contributed by atoms with E-state index in [4.69, 9.17) is 10.9 Å². The molecule has 1 aromatic rings. The standard InChI is InChI=1S/C12H18N4O3S/c13-12(14-17)10-4-6-11(7-5-10)15-20(18,19)16-8-2-1-3-9-16/h4-7,15,17H,1-3,8-9H2,(H2,13,14). The van der Waals surface area contributed by atoms with Crippen LogP contribution in [0.5, 0.6) is 0 Å². The summed E-state index contributed by atoms with van der Waals surface area (Å²) in [6, 6.07) is 6.33. The molecule has 0 saturated carbocycles. The number of anilines is 1. The van der Waals surface area contributed by atoms with E-state index in [2.05, 4.69) is 9.88 Å². The molecule has 1 aliphatic heterocycles. The maximum atomic E-state index is 12.2. The van der Waals surface area contributed by atoms with E-state index in [9.17, 15) is 8.42 Å². The Morgan fingerprint density at radius 1 is 1.20 bits per heavy atom. The fraction of sp³-hybridized carbons (Fsp3) is 0.417. The molecule has 0 spiro atoms. The third-order valence-corrected chi connectivity index (χ3v) is 4.73. The molecule has 1 fully saturated rings. The maximum absolute atomic E-state index is 12.2. The van der Waals surface area contributed by atoms with Crippen molar-refractivity contribution in [3.63, 3.8) is 0 Å². The van der Waals surface area contributed by atoms with Crippen molar-refractivity contribution < 1.29 is 13.6 Å². The highest BCUT2D eigenvalue weighted by Gasteiger charge is 2.23. The van der Waals surface area contributed by atoms with Crippen LogP contribution >= 0.6 is 0 Å². The van der Waals surface area contributed by atoms with Gasteiger partial charge in [0.05, 0.1) is 0 Å². The van der Waals surface area contributed by atoms with E-state index in [0.29, 0.717) is 24.3 Å². The van der Waals surface area contributed by atoms with Crippen molar-refractivity contribution in [2.24, 2.45) is 10.9 Å². The summed E-state index contributed by atoms with van der Waals surface area (Å²) in [6.45, 7) is 1.11. The summed E-state index contributed by atoms with van der Waals surface area (Å²) in [7, 11) is -3.50. The number of hydrogen-bond donors (Lipinski definition) is 3. The van der Waals surface area contributed by atoms with Gasteiger partial charge in [-0.3, -0.25) is 4.72 Å². The van der Waals surface area contributed by atoms with Gasteiger partial charge in [0, 0.05) is 24.3 Å². The lowest BCUT2D eigenvalue weighted by molar-refractivity contribution is 0.318. The Hall–Kier alpha value is -1.80. The van der Waals surface area contributed by atoms with Crippen LogP contribution in [-0.2, 0) is 10.2 Å². The van der Waals surface area contributed by atoms with E-state index in [1.807, 2.05) is 0 Å².